The molecule has 0 aliphatic heterocycles. The van der Waals surface area contributed by atoms with E-state index >= 15 is 0 Å². The topological polar surface area (TPSA) is 70.9 Å². The number of aliphatic hydroxyl groups is 1. The number of pyridine rings is 1. The van der Waals surface area contributed by atoms with E-state index in [1.807, 2.05) is 36.4 Å². The second-order valence-corrected chi connectivity index (χ2v) is 6.38. The highest BCUT2D eigenvalue weighted by Crippen LogP contribution is 2.29. The summed E-state index contributed by atoms with van der Waals surface area (Å²) in [6.45, 7) is 0.680. The predicted molar refractivity (Wildman–Crippen MR) is 108 cm³/mol. The molecule has 0 saturated heterocycles. The van der Waals surface area contributed by atoms with Crippen LogP contribution in [0.15, 0.2) is 67.0 Å². The van der Waals surface area contributed by atoms with Crippen LogP contribution >= 0.6 is 0 Å². The van der Waals surface area contributed by atoms with Gasteiger partial charge in [-0.25, -0.2) is 14.4 Å². The first-order chi connectivity index (χ1) is 13.7. The van der Waals surface area contributed by atoms with Crippen molar-refractivity contribution in [2.45, 2.75) is 6.42 Å². The third-order valence-electron chi connectivity index (χ3n) is 4.40. The van der Waals surface area contributed by atoms with Crippen molar-refractivity contribution in [3.63, 3.8) is 0 Å². The van der Waals surface area contributed by atoms with E-state index in [1.54, 1.807) is 18.5 Å². The minimum atomic E-state index is -0.276. The third kappa shape index (κ3) is 3.82. The first kappa shape index (κ1) is 18.0. The van der Waals surface area contributed by atoms with E-state index in [0.717, 1.165) is 27.6 Å². The van der Waals surface area contributed by atoms with E-state index < -0.39 is 0 Å². The number of nitrogens with one attached hydrogen (secondary N) is 1. The molecule has 5 nitrogen and oxygen atoms in total. The minimum absolute atomic E-state index is 0.0972. The van der Waals surface area contributed by atoms with Gasteiger partial charge in [-0.3, -0.25) is 4.98 Å². The normalized spacial score (nSPS) is 10.9. The molecule has 0 aliphatic carbocycles. The maximum absolute atomic E-state index is 13.6. The van der Waals surface area contributed by atoms with Crippen molar-refractivity contribution in [3.05, 3.63) is 72.8 Å². The molecule has 0 aliphatic rings. The average Bonchev–Trinajstić information content (AvgIpc) is 2.74. The summed E-state index contributed by atoms with van der Waals surface area (Å²) in [5.41, 5.74) is 3.28. The first-order valence-corrected chi connectivity index (χ1v) is 9.07. The van der Waals surface area contributed by atoms with E-state index in [1.165, 1.54) is 12.1 Å². The van der Waals surface area contributed by atoms with Crippen LogP contribution < -0.4 is 5.32 Å². The number of benzene rings is 2. The van der Waals surface area contributed by atoms with Crippen LogP contribution in [0.2, 0.25) is 0 Å². The molecule has 28 heavy (non-hydrogen) atoms. The zero-order valence-electron chi connectivity index (χ0n) is 15.1. The number of anilines is 1. The molecule has 0 unspecified atom stereocenters. The molecule has 0 radical (unpaired) electrons. The van der Waals surface area contributed by atoms with Gasteiger partial charge in [0.2, 0.25) is 0 Å². The van der Waals surface area contributed by atoms with Gasteiger partial charge in [-0.15, -0.1) is 0 Å². The minimum Gasteiger partial charge on any atom is -0.396 e. The molecule has 2 aromatic heterocycles. The Bertz CT molecular complexity index is 1100. The zero-order chi connectivity index (χ0) is 19.3. The molecule has 0 bridgehead atoms. The van der Waals surface area contributed by atoms with Crippen LogP contribution in [0.4, 0.5) is 10.2 Å². The smallest absolute Gasteiger partial charge is 0.163 e. The van der Waals surface area contributed by atoms with Gasteiger partial charge in [-0.05, 0) is 53.9 Å². The van der Waals surface area contributed by atoms with Crippen LogP contribution in [0.5, 0.6) is 0 Å². The van der Waals surface area contributed by atoms with Crippen molar-refractivity contribution < 1.29 is 9.50 Å². The molecular formula is C22H19FN4O. The Morgan fingerprint density at radius 3 is 2.57 bits per heavy atom. The number of hydrogen-bond acceptors (Lipinski definition) is 5. The molecule has 6 heteroatoms. The van der Waals surface area contributed by atoms with Crippen molar-refractivity contribution >= 4 is 16.7 Å². The van der Waals surface area contributed by atoms with Gasteiger partial charge in [-0.2, -0.15) is 0 Å². The van der Waals surface area contributed by atoms with Crippen molar-refractivity contribution in [2.24, 2.45) is 0 Å². The maximum Gasteiger partial charge on any atom is 0.163 e. The Hall–Kier alpha value is -3.38. The lowest BCUT2D eigenvalue weighted by molar-refractivity contribution is 0.292. The highest BCUT2D eigenvalue weighted by molar-refractivity contribution is 5.94. The van der Waals surface area contributed by atoms with Gasteiger partial charge in [0.05, 0.1) is 5.52 Å². The van der Waals surface area contributed by atoms with Crippen molar-refractivity contribution in [2.75, 3.05) is 18.5 Å². The Morgan fingerprint density at radius 1 is 0.929 bits per heavy atom. The Labute approximate surface area is 161 Å². The van der Waals surface area contributed by atoms with Gasteiger partial charge in [0.1, 0.15) is 11.6 Å². The number of nitrogens with zero attached hydrogens (tertiary/aromatic N) is 3. The fraction of sp³-hybridized carbons (Fsp3) is 0.136. The summed E-state index contributed by atoms with van der Waals surface area (Å²) >= 11 is 0. The molecule has 140 valence electrons. The summed E-state index contributed by atoms with van der Waals surface area (Å²) in [4.78, 5) is 13.5. The zero-order valence-corrected chi connectivity index (χ0v) is 15.1. The van der Waals surface area contributed by atoms with Crippen molar-refractivity contribution in [1.29, 1.82) is 0 Å². The third-order valence-corrected chi connectivity index (χ3v) is 4.40. The second kappa shape index (κ2) is 8.10. The number of aromatic nitrogens is 3. The molecule has 0 amide bonds. The van der Waals surface area contributed by atoms with E-state index in [2.05, 4.69) is 20.3 Å². The van der Waals surface area contributed by atoms with Gasteiger partial charge in [-0.1, -0.05) is 18.2 Å². The molecule has 0 spiro atoms. The van der Waals surface area contributed by atoms with Gasteiger partial charge in [0.15, 0.2) is 5.82 Å². The Morgan fingerprint density at radius 2 is 1.79 bits per heavy atom. The molecular weight excluding hydrogens is 355 g/mol. The highest BCUT2D eigenvalue weighted by atomic mass is 19.1. The van der Waals surface area contributed by atoms with Crippen LogP contribution in [-0.4, -0.2) is 33.2 Å². The summed E-state index contributed by atoms with van der Waals surface area (Å²) in [5, 5.41) is 13.2. The van der Waals surface area contributed by atoms with Crippen LogP contribution in [0, 0.1) is 5.82 Å². The number of aliphatic hydroxyl groups excluding tert-OH is 1. The fourth-order valence-electron chi connectivity index (χ4n) is 3.02. The largest absolute Gasteiger partial charge is 0.396 e. The van der Waals surface area contributed by atoms with E-state index in [4.69, 9.17) is 5.11 Å². The number of hydrogen-bond donors (Lipinski definition) is 2. The second-order valence-electron chi connectivity index (χ2n) is 6.38. The number of rotatable bonds is 6. The van der Waals surface area contributed by atoms with Crippen LogP contribution in [0.3, 0.4) is 0 Å². The quantitative estimate of drug-likeness (QED) is 0.493. The Balaban J connectivity index is 1.83. The van der Waals surface area contributed by atoms with Gasteiger partial charge in [0, 0.05) is 36.5 Å². The summed E-state index contributed by atoms with van der Waals surface area (Å²) < 4.78 is 13.6. The first-order valence-electron chi connectivity index (χ1n) is 9.07. The van der Waals surface area contributed by atoms with Crippen molar-refractivity contribution in [1.82, 2.24) is 15.0 Å². The summed E-state index contributed by atoms with van der Waals surface area (Å²) in [7, 11) is 0. The number of halogens is 1. The van der Waals surface area contributed by atoms with Gasteiger partial charge < -0.3 is 10.4 Å². The maximum atomic E-state index is 13.6. The van der Waals surface area contributed by atoms with Gasteiger partial charge >= 0.3 is 0 Å². The predicted octanol–water partition coefficient (Wildman–Crippen LogP) is 4.29. The fourth-order valence-corrected chi connectivity index (χ4v) is 3.02. The highest BCUT2D eigenvalue weighted by Gasteiger charge is 2.11. The van der Waals surface area contributed by atoms with Crippen LogP contribution in [0.1, 0.15) is 6.42 Å². The summed E-state index contributed by atoms with van der Waals surface area (Å²) in [6, 6.07) is 16.0. The molecule has 0 saturated carbocycles. The van der Waals surface area contributed by atoms with Crippen LogP contribution in [0.25, 0.3) is 33.4 Å². The van der Waals surface area contributed by atoms with E-state index in [9.17, 15) is 4.39 Å². The lowest BCUT2D eigenvalue weighted by atomic mass is 10.0. The van der Waals surface area contributed by atoms with Crippen molar-refractivity contribution in [3.8, 4) is 22.5 Å². The average molecular weight is 374 g/mol. The molecule has 2 aromatic carbocycles. The summed E-state index contributed by atoms with van der Waals surface area (Å²) in [5.74, 6) is 0.975. The molecule has 2 heterocycles. The molecule has 4 aromatic rings. The molecule has 0 atom stereocenters. The van der Waals surface area contributed by atoms with Gasteiger partial charge in [0.25, 0.3) is 0 Å². The lowest BCUT2D eigenvalue weighted by Gasteiger charge is -2.12. The number of fused-ring (bicyclic) bond motifs is 1. The van der Waals surface area contributed by atoms with E-state index in [0.29, 0.717) is 24.6 Å². The summed E-state index contributed by atoms with van der Waals surface area (Å²) in [6.07, 6.45) is 4.04. The van der Waals surface area contributed by atoms with Crippen LogP contribution in [-0.2, 0) is 0 Å². The SMILES string of the molecule is OCCCNc1nc(-c2cccnc2)nc2ccc(-c3cccc(F)c3)cc12. The molecule has 2 N–H and O–H groups in total. The molecule has 4 rings (SSSR count). The standard InChI is InChI=1S/C22H19FN4O/c23-18-6-1-4-15(12-18)16-7-8-20-19(13-16)22(25-10-3-11-28)27-21(26-20)17-5-2-9-24-14-17/h1-2,4-9,12-14,28H,3,10-11H2,(H,25,26,27). The van der Waals surface area contributed by atoms with E-state index in [-0.39, 0.29) is 12.4 Å². The lowest BCUT2D eigenvalue weighted by Crippen LogP contribution is -2.07. The monoisotopic (exact) mass is 374 g/mol. The molecule has 0 fully saturated rings. The Kier molecular flexibility index (Phi) is 5.21.